The molecule has 0 amide bonds. The molecule has 6 nitrogen and oxygen atoms in total. The predicted molar refractivity (Wildman–Crippen MR) is 247 cm³/mol. The summed E-state index contributed by atoms with van der Waals surface area (Å²) in [4.78, 5) is 29.7. The second kappa shape index (κ2) is 13.8. The third-order valence-electron chi connectivity index (χ3n) is 24.6. The van der Waals surface area contributed by atoms with Gasteiger partial charge in [0, 0.05) is 24.7 Å². The molecule has 0 bridgehead atoms. The number of aliphatic hydroxyl groups is 1. The van der Waals surface area contributed by atoms with Crippen LogP contribution in [0.15, 0.2) is 23.3 Å². The topological polar surface area (TPSA) is 82.1 Å². The number of ketones is 1. The molecule has 63 heavy (non-hydrogen) atoms. The first kappa shape index (κ1) is 44.0. The van der Waals surface area contributed by atoms with Crippen molar-refractivity contribution in [3.05, 3.63) is 23.3 Å². The zero-order valence-electron chi connectivity index (χ0n) is 41.5. The van der Waals surface area contributed by atoms with Crippen molar-refractivity contribution in [2.75, 3.05) is 6.61 Å². The quantitative estimate of drug-likeness (QED) is 0.220. The van der Waals surface area contributed by atoms with Crippen molar-refractivity contribution in [1.82, 2.24) is 0 Å². The summed E-state index contributed by atoms with van der Waals surface area (Å²) < 4.78 is 20.4. The van der Waals surface area contributed by atoms with E-state index in [1.165, 1.54) is 31.3 Å². The maximum Gasteiger partial charge on any atom is 0.312 e. The number of fused-ring (bicyclic) bond motifs is 14. The molecular weight excluding hydrogens is 781 g/mol. The van der Waals surface area contributed by atoms with E-state index in [1.807, 2.05) is 0 Å². The van der Waals surface area contributed by atoms with Crippen LogP contribution in [0.3, 0.4) is 0 Å². The van der Waals surface area contributed by atoms with Crippen LogP contribution < -0.4 is 0 Å². The minimum atomic E-state index is -0.558. The monoisotopic (exact) mass is 867 g/mol. The highest BCUT2D eigenvalue weighted by Gasteiger charge is 2.72. The number of hydrogen-bond donors (Lipinski definition) is 1. The van der Waals surface area contributed by atoms with Crippen LogP contribution in [0.25, 0.3) is 0 Å². The minimum absolute atomic E-state index is 0.0109. The number of hydrogen-bond acceptors (Lipinski definition) is 6. The van der Waals surface area contributed by atoms with Gasteiger partial charge in [-0.3, -0.25) is 9.59 Å². The number of carbonyl (C=O) groups excluding carboxylic acids is 2. The molecule has 9 fully saturated rings. The molecule has 2 heterocycles. The molecule has 1 spiro atoms. The molecular formula is C57H86O6. The summed E-state index contributed by atoms with van der Waals surface area (Å²) in [5, 5.41) is 11.2. The Hall–Kier alpha value is -1.50. The minimum Gasteiger partial charge on any atom is -0.462 e. The molecule has 0 unspecified atom stereocenters. The van der Waals surface area contributed by atoms with Crippen LogP contribution in [0.2, 0.25) is 0 Å². The van der Waals surface area contributed by atoms with Crippen molar-refractivity contribution < 1.29 is 28.9 Å². The second-order valence-electron chi connectivity index (χ2n) is 27.7. The Labute approximate surface area is 381 Å². The lowest BCUT2D eigenvalue weighted by Gasteiger charge is -2.70. The van der Waals surface area contributed by atoms with Gasteiger partial charge in [-0.2, -0.15) is 0 Å². The summed E-state index contributed by atoms with van der Waals surface area (Å²) in [6.07, 6.45) is 23.6. The van der Waals surface area contributed by atoms with Crippen molar-refractivity contribution in [2.45, 2.75) is 216 Å². The summed E-state index contributed by atoms with van der Waals surface area (Å²) >= 11 is 0. The summed E-state index contributed by atoms with van der Waals surface area (Å²) in [5.74, 6) is 4.26. The first-order chi connectivity index (χ1) is 29.5. The highest BCUT2D eigenvalue weighted by atomic mass is 16.7. The fraction of sp³-hybridized carbons (Fsp3) is 0.895. The second-order valence-corrected chi connectivity index (χ2v) is 27.7. The van der Waals surface area contributed by atoms with E-state index >= 15 is 0 Å². The lowest BCUT2D eigenvalue weighted by atomic mass is 9.33. The highest BCUT2D eigenvalue weighted by Crippen LogP contribution is 2.76. The van der Waals surface area contributed by atoms with Crippen LogP contribution in [0.4, 0.5) is 0 Å². The molecule has 350 valence electrons. The fourth-order valence-electron chi connectivity index (χ4n) is 20.4. The predicted octanol–water partition coefficient (Wildman–Crippen LogP) is 12.6. The Bertz CT molecular complexity index is 1990. The lowest BCUT2D eigenvalue weighted by molar-refractivity contribution is -0.272. The molecule has 1 N–H and O–H groups in total. The molecule has 0 aromatic rings. The van der Waals surface area contributed by atoms with Crippen molar-refractivity contribution in [1.29, 1.82) is 0 Å². The molecule has 0 aromatic carbocycles. The van der Waals surface area contributed by atoms with E-state index in [9.17, 15) is 14.7 Å². The Morgan fingerprint density at radius 3 is 2.30 bits per heavy atom. The van der Waals surface area contributed by atoms with Gasteiger partial charge >= 0.3 is 5.97 Å². The first-order valence-electron chi connectivity index (χ1n) is 26.6. The van der Waals surface area contributed by atoms with Crippen LogP contribution in [0, 0.1) is 96.6 Å². The maximum absolute atomic E-state index is 14.9. The molecule has 2 saturated heterocycles. The molecule has 11 aliphatic rings. The zero-order valence-corrected chi connectivity index (χ0v) is 41.5. The average molecular weight is 867 g/mol. The Balaban J connectivity index is 0.792. The SMILES string of the molecule is C[C@@H]1CC[C@@]2(OC1)O[C@H]1C[C@H]3[C@@H]4CC=C5C[C@@H](OC(=O)[C@@]6(C)CC[C@]7(C)CC[C@]8(C)C(=CC(=O)[C@@H]9[C@@]%10(C)CC[C@H](O)C(C)(C)[C@@H]%10CC[C@]98C)[C@@H]7C6)CC[C@]5(C)[C@H]4CC[C@]3(C)[C@H]1[C@@H]2C. The number of aliphatic hydroxyl groups excluding tert-OH is 1. The number of carbonyl (C=O) groups is 2. The van der Waals surface area contributed by atoms with Crippen molar-refractivity contribution >= 4 is 11.8 Å². The van der Waals surface area contributed by atoms with Crippen LogP contribution in [0.1, 0.15) is 192 Å². The van der Waals surface area contributed by atoms with Gasteiger partial charge in [-0.05, 0) is 195 Å². The molecule has 0 aromatic heterocycles. The summed E-state index contributed by atoms with van der Waals surface area (Å²) in [6, 6.07) is 0. The Morgan fingerprint density at radius 2 is 1.56 bits per heavy atom. The molecule has 6 heteroatoms. The van der Waals surface area contributed by atoms with E-state index in [0.29, 0.717) is 58.7 Å². The summed E-state index contributed by atoms with van der Waals surface area (Å²) in [5.41, 5.74) is 2.41. The number of rotatable bonds is 2. The fourth-order valence-corrected chi connectivity index (χ4v) is 20.4. The Kier molecular flexibility index (Phi) is 9.66. The molecule has 20 atom stereocenters. The van der Waals surface area contributed by atoms with Gasteiger partial charge in [0.25, 0.3) is 0 Å². The van der Waals surface area contributed by atoms with E-state index in [0.717, 1.165) is 96.5 Å². The van der Waals surface area contributed by atoms with Crippen LogP contribution in [-0.2, 0) is 23.8 Å². The smallest absolute Gasteiger partial charge is 0.312 e. The van der Waals surface area contributed by atoms with E-state index in [4.69, 9.17) is 14.2 Å². The number of ether oxygens (including phenoxy) is 3. The molecule has 2 aliphatic heterocycles. The largest absolute Gasteiger partial charge is 0.462 e. The molecule has 9 aliphatic carbocycles. The average Bonchev–Trinajstić information content (AvgIpc) is 3.67. The first-order valence-corrected chi connectivity index (χ1v) is 26.6. The van der Waals surface area contributed by atoms with E-state index in [-0.39, 0.29) is 68.3 Å². The third kappa shape index (κ3) is 5.71. The van der Waals surface area contributed by atoms with Crippen LogP contribution in [0.5, 0.6) is 0 Å². The highest BCUT2D eigenvalue weighted by molar-refractivity contribution is 5.95. The van der Waals surface area contributed by atoms with Crippen LogP contribution >= 0.6 is 0 Å². The van der Waals surface area contributed by atoms with Gasteiger partial charge in [0.1, 0.15) is 6.10 Å². The van der Waals surface area contributed by atoms with Gasteiger partial charge in [-0.1, -0.05) is 86.5 Å². The molecule has 0 radical (unpaired) electrons. The summed E-state index contributed by atoms with van der Waals surface area (Å²) in [7, 11) is 0. The van der Waals surface area contributed by atoms with E-state index < -0.39 is 5.41 Å². The van der Waals surface area contributed by atoms with Crippen molar-refractivity contribution in [3.8, 4) is 0 Å². The van der Waals surface area contributed by atoms with E-state index in [2.05, 4.69) is 88.3 Å². The number of esters is 1. The summed E-state index contributed by atoms with van der Waals surface area (Å²) in [6.45, 7) is 27.4. The lowest BCUT2D eigenvalue weighted by Crippen LogP contribution is -2.66. The van der Waals surface area contributed by atoms with Crippen LogP contribution in [-0.4, -0.2) is 47.6 Å². The normalized spacial score (nSPS) is 57.7. The van der Waals surface area contributed by atoms with Gasteiger partial charge in [0.15, 0.2) is 11.6 Å². The van der Waals surface area contributed by atoms with Gasteiger partial charge in [0.2, 0.25) is 0 Å². The van der Waals surface area contributed by atoms with Gasteiger partial charge < -0.3 is 19.3 Å². The van der Waals surface area contributed by atoms with Gasteiger partial charge in [0.05, 0.1) is 24.2 Å². The van der Waals surface area contributed by atoms with Crippen molar-refractivity contribution in [2.24, 2.45) is 96.6 Å². The zero-order chi connectivity index (χ0) is 44.7. The molecule has 7 saturated carbocycles. The number of allylic oxidation sites excluding steroid dienone is 3. The standard InChI is InChI=1S/C57H86O6/c1-33-14-23-57(61-32-33)34(2)46-43(63-57)30-39-37-13-12-35-28-36(15-19-52(35,7)38(37)16-20-53(39,46)8)62-48(60)51(6)25-24-50(5)26-27-55(10)40(41(50)31-51)29-42(58)47-54(9)21-18-45(59)49(3,4)44(54)17-22-56(47,55)11/h12,29,33-34,36-39,41,43-47,59H,13-28,30-32H2,1-11H3/t33-,34+,36+,37-,38+,39+,41+,43+,44+,45+,46+,47-,50-,51+,52+,53+,54+,55-,56-,57-/m1/s1. The van der Waals surface area contributed by atoms with Gasteiger partial charge in [-0.25, -0.2) is 0 Å². The third-order valence-corrected chi connectivity index (χ3v) is 24.6. The molecule has 11 rings (SSSR count). The van der Waals surface area contributed by atoms with Crippen molar-refractivity contribution in [3.63, 3.8) is 0 Å². The van der Waals surface area contributed by atoms with Gasteiger partial charge in [-0.15, -0.1) is 0 Å². The Morgan fingerprint density at radius 1 is 0.810 bits per heavy atom. The maximum atomic E-state index is 14.9. The van der Waals surface area contributed by atoms with E-state index in [1.54, 1.807) is 5.57 Å².